The van der Waals surface area contributed by atoms with Crippen molar-refractivity contribution in [2.24, 2.45) is 0 Å². The van der Waals surface area contributed by atoms with Gasteiger partial charge < -0.3 is 5.32 Å². The molecule has 0 heterocycles. The van der Waals surface area contributed by atoms with Gasteiger partial charge in [-0.2, -0.15) is 0 Å². The molecule has 0 fully saturated rings. The van der Waals surface area contributed by atoms with E-state index in [4.69, 9.17) is 11.6 Å². The summed E-state index contributed by atoms with van der Waals surface area (Å²) < 4.78 is 0. The highest BCUT2D eigenvalue weighted by Crippen LogP contribution is 2.20. The predicted molar refractivity (Wildman–Crippen MR) is 80.1 cm³/mol. The summed E-state index contributed by atoms with van der Waals surface area (Å²) in [5.74, 6) is 1.39. The molecular formula is C14H20ClNOS. The Morgan fingerprint density at radius 1 is 1.33 bits per heavy atom. The zero-order valence-corrected chi connectivity index (χ0v) is 12.3. The molecule has 0 saturated carbocycles. The van der Waals surface area contributed by atoms with Gasteiger partial charge >= 0.3 is 0 Å². The minimum Gasteiger partial charge on any atom is -0.355 e. The summed E-state index contributed by atoms with van der Waals surface area (Å²) in [4.78, 5) is 11.5. The van der Waals surface area contributed by atoms with Gasteiger partial charge in [-0.1, -0.05) is 49.6 Å². The van der Waals surface area contributed by atoms with Gasteiger partial charge in [-0.3, -0.25) is 4.79 Å². The maximum Gasteiger partial charge on any atom is 0.230 e. The number of hydrogen-bond acceptors (Lipinski definition) is 2. The predicted octanol–water partition coefficient (Wildman–Crippen LogP) is 3.88. The fourth-order valence-corrected chi connectivity index (χ4v) is 2.67. The number of carbonyl (C=O) groups is 1. The third kappa shape index (κ3) is 6.31. The van der Waals surface area contributed by atoms with Gasteiger partial charge in [0.15, 0.2) is 0 Å². The van der Waals surface area contributed by atoms with E-state index in [-0.39, 0.29) is 5.91 Å². The molecule has 1 rings (SSSR count). The van der Waals surface area contributed by atoms with Gasteiger partial charge in [-0.15, -0.1) is 11.8 Å². The van der Waals surface area contributed by atoms with Crippen molar-refractivity contribution in [3.8, 4) is 0 Å². The van der Waals surface area contributed by atoms with Gasteiger partial charge in [0.2, 0.25) is 5.91 Å². The lowest BCUT2D eigenvalue weighted by Gasteiger charge is -2.05. The van der Waals surface area contributed by atoms with Gasteiger partial charge in [0, 0.05) is 17.3 Å². The summed E-state index contributed by atoms with van der Waals surface area (Å²) in [5, 5.41) is 3.70. The molecule has 0 aliphatic rings. The van der Waals surface area contributed by atoms with Crippen molar-refractivity contribution < 1.29 is 4.79 Å². The van der Waals surface area contributed by atoms with Crippen LogP contribution in [0.5, 0.6) is 0 Å². The van der Waals surface area contributed by atoms with Gasteiger partial charge in [-0.25, -0.2) is 0 Å². The Balaban J connectivity index is 2.14. The molecule has 0 radical (unpaired) electrons. The molecular weight excluding hydrogens is 266 g/mol. The van der Waals surface area contributed by atoms with Crippen LogP contribution in [0.1, 0.15) is 31.7 Å². The molecule has 1 N–H and O–H groups in total. The van der Waals surface area contributed by atoms with Gasteiger partial charge in [0.05, 0.1) is 5.75 Å². The molecule has 0 unspecified atom stereocenters. The largest absolute Gasteiger partial charge is 0.355 e. The van der Waals surface area contributed by atoms with Gasteiger partial charge in [0.25, 0.3) is 0 Å². The first kappa shape index (κ1) is 15.4. The fourth-order valence-electron chi connectivity index (χ4n) is 1.52. The maximum absolute atomic E-state index is 11.5. The highest BCUT2D eigenvalue weighted by Gasteiger charge is 2.03. The van der Waals surface area contributed by atoms with Gasteiger partial charge in [0.1, 0.15) is 0 Å². The zero-order valence-electron chi connectivity index (χ0n) is 10.7. The Morgan fingerprint density at radius 2 is 2.11 bits per heavy atom. The molecule has 0 aliphatic carbocycles. The number of carbonyl (C=O) groups excluding carboxylic acids is 1. The number of rotatable bonds is 8. The second-order valence-corrected chi connectivity index (χ2v) is 5.53. The lowest BCUT2D eigenvalue weighted by molar-refractivity contribution is -0.118. The van der Waals surface area contributed by atoms with Crippen molar-refractivity contribution >= 4 is 29.3 Å². The number of halogens is 1. The van der Waals surface area contributed by atoms with E-state index >= 15 is 0 Å². The molecule has 4 heteroatoms. The van der Waals surface area contributed by atoms with E-state index in [0.29, 0.717) is 5.75 Å². The van der Waals surface area contributed by atoms with Crippen molar-refractivity contribution in [3.05, 3.63) is 34.9 Å². The number of hydrogen-bond donors (Lipinski definition) is 1. The maximum atomic E-state index is 11.5. The summed E-state index contributed by atoms with van der Waals surface area (Å²) in [7, 11) is 0. The zero-order chi connectivity index (χ0) is 13.2. The van der Waals surface area contributed by atoms with Crippen molar-refractivity contribution in [2.75, 3.05) is 12.3 Å². The third-order valence-corrected chi connectivity index (χ3v) is 3.90. The van der Waals surface area contributed by atoms with Crippen molar-refractivity contribution in [2.45, 2.75) is 31.9 Å². The van der Waals surface area contributed by atoms with Crippen LogP contribution in [0.15, 0.2) is 24.3 Å². The van der Waals surface area contributed by atoms with E-state index in [1.165, 1.54) is 12.8 Å². The molecule has 0 aliphatic heterocycles. The van der Waals surface area contributed by atoms with Crippen molar-refractivity contribution in [1.29, 1.82) is 0 Å². The van der Waals surface area contributed by atoms with E-state index in [2.05, 4.69) is 12.2 Å². The average Bonchev–Trinajstić information content (AvgIpc) is 2.37. The second-order valence-electron chi connectivity index (χ2n) is 4.14. The Labute approximate surface area is 118 Å². The molecule has 0 spiro atoms. The smallest absolute Gasteiger partial charge is 0.230 e. The number of amides is 1. The summed E-state index contributed by atoms with van der Waals surface area (Å²) in [6.07, 6.45) is 3.42. The lowest BCUT2D eigenvalue weighted by atomic mass is 10.2. The molecule has 0 saturated heterocycles. The first-order chi connectivity index (χ1) is 8.74. The molecule has 0 bridgehead atoms. The summed E-state index contributed by atoms with van der Waals surface area (Å²) in [5.41, 5.74) is 1.09. The molecule has 0 atom stereocenters. The van der Waals surface area contributed by atoms with Crippen molar-refractivity contribution in [3.63, 3.8) is 0 Å². The van der Waals surface area contributed by atoms with E-state index in [9.17, 15) is 4.79 Å². The SMILES string of the molecule is CCCCCNC(=O)CSCc1ccccc1Cl. The minimum absolute atomic E-state index is 0.114. The van der Waals surface area contributed by atoms with E-state index in [1.54, 1.807) is 11.8 Å². The first-order valence-corrected chi connectivity index (χ1v) is 7.85. The number of nitrogens with one attached hydrogen (secondary N) is 1. The Bertz CT molecular complexity index is 371. The normalized spacial score (nSPS) is 10.3. The van der Waals surface area contributed by atoms with Crippen LogP contribution in [-0.2, 0) is 10.5 Å². The molecule has 1 amide bonds. The van der Waals surface area contributed by atoms with Crippen LogP contribution in [-0.4, -0.2) is 18.2 Å². The molecule has 100 valence electrons. The molecule has 0 aromatic heterocycles. The standard InChI is InChI=1S/C14H20ClNOS/c1-2-3-6-9-16-14(17)11-18-10-12-7-4-5-8-13(12)15/h4-5,7-8H,2-3,6,9-11H2,1H3,(H,16,17). The van der Waals surface area contributed by atoms with E-state index in [0.717, 1.165) is 29.3 Å². The topological polar surface area (TPSA) is 29.1 Å². The fraction of sp³-hybridized carbons (Fsp3) is 0.500. The van der Waals surface area contributed by atoms with Crippen LogP contribution < -0.4 is 5.32 Å². The minimum atomic E-state index is 0.114. The van der Waals surface area contributed by atoms with Crippen molar-refractivity contribution in [1.82, 2.24) is 5.32 Å². The second kappa shape index (κ2) is 9.29. The Hall–Kier alpha value is -0.670. The summed E-state index contributed by atoms with van der Waals surface area (Å²) in [6.45, 7) is 2.95. The molecule has 18 heavy (non-hydrogen) atoms. The van der Waals surface area contributed by atoms with Crippen LogP contribution >= 0.6 is 23.4 Å². The van der Waals surface area contributed by atoms with Crippen LogP contribution in [0, 0.1) is 0 Å². The van der Waals surface area contributed by atoms with Crippen LogP contribution in [0.25, 0.3) is 0 Å². The van der Waals surface area contributed by atoms with Crippen LogP contribution in [0.2, 0.25) is 5.02 Å². The van der Waals surface area contributed by atoms with E-state index < -0.39 is 0 Å². The van der Waals surface area contributed by atoms with Gasteiger partial charge in [-0.05, 0) is 18.1 Å². The van der Waals surface area contributed by atoms with Crippen LogP contribution in [0.4, 0.5) is 0 Å². The number of thioether (sulfide) groups is 1. The van der Waals surface area contributed by atoms with E-state index in [1.807, 2.05) is 24.3 Å². The highest BCUT2D eigenvalue weighted by atomic mass is 35.5. The number of benzene rings is 1. The highest BCUT2D eigenvalue weighted by molar-refractivity contribution is 7.99. The molecule has 2 nitrogen and oxygen atoms in total. The summed E-state index contributed by atoms with van der Waals surface area (Å²) in [6, 6.07) is 7.75. The third-order valence-electron chi connectivity index (χ3n) is 2.55. The Kier molecular flexibility index (Phi) is 7.94. The lowest BCUT2D eigenvalue weighted by Crippen LogP contribution is -2.26. The average molecular weight is 286 g/mol. The summed E-state index contributed by atoms with van der Waals surface area (Å²) >= 11 is 7.64. The Morgan fingerprint density at radius 3 is 2.83 bits per heavy atom. The molecule has 1 aromatic carbocycles. The first-order valence-electron chi connectivity index (χ1n) is 6.32. The quantitative estimate of drug-likeness (QED) is 0.735. The molecule has 1 aromatic rings. The number of unbranched alkanes of at least 4 members (excludes halogenated alkanes) is 2. The monoisotopic (exact) mass is 285 g/mol. The van der Waals surface area contributed by atoms with Crippen LogP contribution in [0.3, 0.4) is 0 Å².